The number of halogens is 1. The van der Waals surface area contributed by atoms with E-state index < -0.39 is 0 Å². The van der Waals surface area contributed by atoms with E-state index in [0.717, 1.165) is 0 Å². The van der Waals surface area contributed by atoms with E-state index in [1.807, 2.05) is 6.07 Å². The zero-order chi connectivity index (χ0) is 13.0. The molecule has 0 saturated carbocycles. The number of carbonyl (C=O) groups is 1. The van der Waals surface area contributed by atoms with E-state index in [1.54, 1.807) is 12.1 Å². The zero-order valence-electron chi connectivity index (χ0n) is 9.09. The lowest BCUT2D eigenvalue weighted by Crippen LogP contribution is -2.12. The molecular formula is C12H7ClN4O. The van der Waals surface area contributed by atoms with E-state index in [0.29, 0.717) is 11.3 Å². The molecule has 0 unspecified atom stereocenters. The topological polar surface area (TPSA) is 78.7 Å². The second-order valence-electron chi connectivity index (χ2n) is 3.34. The van der Waals surface area contributed by atoms with E-state index >= 15 is 0 Å². The fraction of sp³-hybridized carbons (Fsp3) is 0. The summed E-state index contributed by atoms with van der Waals surface area (Å²) >= 11 is 5.82. The fourth-order valence-electron chi connectivity index (χ4n) is 1.27. The molecule has 1 amide bonds. The summed E-state index contributed by atoms with van der Waals surface area (Å²) in [5.74, 6) is -0.359. The van der Waals surface area contributed by atoms with Gasteiger partial charge in [-0.2, -0.15) is 5.26 Å². The van der Waals surface area contributed by atoms with Gasteiger partial charge in [0.15, 0.2) is 5.15 Å². The lowest BCUT2D eigenvalue weighted by atomic mass is 10.2. The second-order valence-corrected chi connectivity index (χ2v) is 3.70. The first-order valence-corrected chi connectivity index (χ1v) is 5.36. The second kappa shape index (κ2) is 5.25. The summed E-state index contributed by atoms with van der Waals surface area (Å²) in [6.07, 6.45) is 2.86. The maximum absolute atomic E-state index is 11.8. The Bertz CT molecular complexity index is 619. The predicted octanol–water partition coefficient (Wildman–Crippen LogP) is 2.25. The van der Waals surface area contributed by atoms with E-state index in [2.05, 4.69) is 15.3 Å². The molecule has 2 heterocycles. The Morgan fingerprint density at radius 3 is 2.78 bits per heavy atom. The van der Waals surface area contributed by atoms with Crippen LogP contribution in [0, 0.1) is 11.3 Å². The maximum Gasteiger partial charge on any atom is 0.257 e. The molecule has 0 atom stereocenters. The van der Waals surface area contributed by atoms with Crippen molar-refractivity contribution in [2.75, 3.05) is 5.32 Å². The Kier molecular flexibility index (Phi) is 3.51. The minimum atomic E-state index is -0.359. The minimum absolute atomic E-state index is 0.215. The van der Waals surface area contributed by atoms with E-state index in [-0.39, 0.29) is 16.8 Å². The van der Waals surface area contributed by atoms with Gasteiger partial charge in [0.25, 0.3) is 5.91 Å². The molecule has 2 aromatic rings. The molecule has 18 heavy (non-hydrogen) atoms. The summed E-state index contributed by atoms with van der Waals surface area (Å²) in [4.78, 5) is 19.5. The van der Waals surface area contributed by atoms with Crippen LogP contribution in [0.25, 0.3) is 0 Å². The number of rotatable bonds is 2. The summed E-state index contributed by atoms with van der Waals surface area (Å²) in [7, 11) is 0. The van der Waals surface area contributed by atoms with Gasteiger partial charge in [0, 0.05) is 12.4 Å². The van der Waals surface area contributed by atoms with Crippen molar-refractivity contribution < 1.29 is 4.79 Å². The lowest BCUT2D eigenvalue weighted by molar-refractivity contribution is 0.102. The van der Waals surface area contributed by atoms with Gasteiger partial charge >= 0.3 is 0 Å². The SMILES string of the molecule is N#Cc1ccc(C(=O)Nc2cccnc2Cl)cn1. The van der Waals surface area contributed by atoms with Crippen LogP contribution in [0.2, 0.25) is 5.15 Å². The van der Waals surface area contributed by atoms with Crippen molar-refractivity contribution in [2.24, 2.45) is 0 Å². The quantitative estimate of drug-likeness (QED) is 0.838. The molecule has 6 heteroatoms. The smallest absolute Gasteiger partial charge is 0.257 e. The number of nitriles is 1. The van der Waals surface area contributed by atoms with Gasteiger partial charge in [-0.25, -0.2) is 9.97 Å². The van der Waals surface area contributed by atoms with Crippen molar-refractivity contribution in [2.45, 2.75) is 0 Å². The summed E-state index contributed by atoms with van der Waals surface area (Å²) in [5.41, 5.74) is 1.02. The third-order valence-electron chi connectivity index (χ3n) is 2.15. The van der Waals surface area contributed by atoms with Crippen LogP contribution in [0.3, 0.4) is 0 Å². The fourth-order valence-corrected chi connectivity index (χ4v) is 1.43. The third-order valence-corrected chi connectivity index (χ3v) is 2.45. The molecule has 0 aliphatic heterocycles. The van der Waals surface area contributed by atoms with Crippen LogP contribution in [0.15, 0.2) is 36.7 Å². The molecule has 0 bridgehead atoms. The monoisotopic (exact) mass is 258 g/mol. The molecule has 0 aliphatic rings. The number of hydrogen-bond acceptors (Lipinski definition) is 4. The molecule has 0 aliphatic carbocycles. The Morgan fingerprint density at radius 2 is 2.17 bits per heavy atom. The van der Waals surface area contributed by atoms with Crippen LogP contribution in [0.5, 0.6) is 0 Å². The van der Waals surface area contributed by atoms with E-state index in [9.17, 15) is 4.79 Å². The van der Waals surface area contributed by atoms with Gasteiger partial charge in [-0.1, -0.05) is 11.6 Å². The van der Waals surface area contributed by atoms with Gasteiger partial charge < -0.3 is 5.32 Å². The number of amides is 1. The first-order valence-electron chi connectivity index (χ1n) is 4.99. The molecule has 1 N–H and O–H groups in total. The van der Waals surface area contributed by atoms with E-state index in [4.69, 9.17) is 16.9 Å². The van der Waals surface area contributed by atoms with Gasteiger partial charge in [0.05, 0.1) is 11.3 Å². The molecule has 5 nitrogen and oxygen atoms in total. The minimum Gasteiger partial charge on any atom is -0.319 e. The number of nitrogens with one attached hydrogen (secondary N) is 1. The van der Waals surface area contributed by atoms with Crippen molar-refractivity contribution in [3.8, 4) is 6.07 Å². The van der Waals surface area contributed by atoms with Crippen LogP contribution in [-0.4, -0.2) is 15.9 Å². The first kappa shape index (κ1) is 12.0. The van der Waals surface area contributed by atoms with Crippen LogP contribution in [-0.2, 0) is 0 Å². The van der Waals surface area contributed by atoms with Gasteiger partial charge in [0.1, 0.15) is 11.8 Å². The van der Waals surface area contributed by atoms with Gasteiger partial charge in [-0.15, -0.1) is 0 Å². The number of hydrogen-bond donors (Lipinski definition) is 1. The van der Waals surface area contributed by atoms with Gasteiger partial charge in [-0.3, -0.25) is 4.79 Å². The molecule has 2 aromatic heterocycles. The summed E-state index contributed by atoms with van der Waals surface area (Å²) in [5, 5.41) is 11.4. The van der Waals surface area contributed by atoms with Crippen LogP contribution in [0.4, 0.5) is 5.69 Å². The standard InChI is InChI=1S/C12H7ClN4O/c13-11-10(2-1-5-15-11)17-12(18)8-3-4-9(6-14)16-7-8/h1-5,7H,(H,17,18). The molecule has 0 fully saturated rings. The Morgan fingerprint density at radius 1 is 1.33 bits per heavy atom. The van der Waals surface area contributed by atoms with Crippen LogP contribution < -0.4 is 5.32 Å². The summed E-state index contributed by atoms with van der Waals surface area (Å²) in [6.45, 7) is 0. The number of carbonyl (C=O) groups excluding carboxylic acids is 1. The van der Waals surface area contributed by atoms with Crippen molar-refractivity contribution in [1.29, 1.82) is 5.26 Å². The van der Waals surface area contributed by atoms with Crippen molar-refractivity contribution in [1.82, 2.24) is 9.97 Å². The van der Waals surface area contributed by atoms with Crippen molar-refractivity contribution in [3.63, 3.8) is 0 Å². The molecule has 0 spiro atoms. The van der Waals surface area contributed by atoms with E-state index in [1.165, 1.54) is 24.5 Å². The summed E-state index contributed by atoms with van der Waals surface area (Å²) < 4.78 is 0. The predicted molar refractivity (Wildman–Crippen MR) is 66.2 cm³/mol. The number of pyridine rings is 2. The highest BCUT2D eigenvalue weighted by Gasteiger charge is 2.09. The maximum atomic E-state index is 11.8. The highest BCUT2D eigenvalue weighted by molar-refractivity contribution is 6.32. The Labute approximate surface area is 108 Å². The average molecular weight is 259 g/mol. The largest absolute Gasteiger partial charge is 0.319 e. The third kappa shape index (κ3) is 2.62. The highest BCUT2D eigenvalue weighted by Crippen LogP contribution is 2.18. The normalized spacial score (nSPS) is 9.56. The van der Waals surface area contributed by atoms with Gasteiger partial charge in [0.2, 0.25) is 0 Å². The first-order chi connectivity index (χ1) is 8.70. The van der Waals surface area contributed by atoms with Gasteiger partial charge in [-0.05, 0) is 24.3 Å². The highest BCUT2D eigenvalue weighted by atomic mass is 35.5. The zero-order valence-corrected chi connectivity index (χ0v) is 9.85. The molecule has 88 valence electrons. The van der Waals surface area contributed by atoms with Crippen LogP contribution in [0.1, 0.15) is 16.1 Å². The lowest BCUT2D eigenvalue weighted by Gasteiger charge is -2.05. The molecular weight excluding hydrogens is 252 g/mol. The molecule has 0 saturated heterocycles. The number of aromatic nitrogens is 2. The molecule has 0 radical (unpaired) electrons. The Hall–Kier alpha value is -2.45. The van der Waals surface area contributed by atoms with Crippen molar-refractivity contribution in [3.05, 3.63) is 53.1 Å². The average Bonchev–Trinajstić information content (AvgIpc) is 2.41. The van der Waals surface area contributed by atoms with Crippen LogP contribution >= 0.6 is 11.6 Å². The summed E-state index contributed by atoms with van der Waals surface area (Å²) in [6, 6.07) is 8.18. The molecule has 0 aromatic carbocycles. The number of anilines is 1. The molecule has 2 rings (SSSR count). The Balaban J connectivity index is 2.17. The van der Waals surface area contributed by atoms with Crippen molar-refractivity contribution >= 4 is 23.2 Å². The number of nitrogens with zero attached hydrogens (tertiary/aromatic N) is 3.